The molecule has 0 aliphatic carbocycles. The van der Waals surface area contributed by atoms with Gasteiger partial charge in [-0.1, -0.05) is 18.2 Å². The van der Waals surface area contributed by atoms with Crippen molar-refractivity contribution in [3.05, 3.63) is 89.7 Å². The van der Waals surface area contributed by atoms with Gasteiger partial charge in [-0.15, -0.1) is 0 Å². The Balaban J connectivity index is 1.41. The lowest BCUT2D eigenvalue weighted by Crippen LogP contribution is -2.25. The van der Waals surface area contributed by atoms with E-state index in [2.05, 4.69) is 21.0 Å². The molecule has 0 spiro atoms. The van der Waals surface area contributed by atoms with Crippen molar-refractivity contribution in [2.24, 2.45) is 0 Å². The van der Waals surface area contributed by atoms with E-state index < -0.39 is 15.8 Å². The molecule has 0 bridgehead atoms. The predicted molar refractivity (Wildman–Crippen MR) is 123 cm³/mol. The summed E-state index contributed by atoms with van der Waals surface area (Å²) in [4.78, 5) is 14.9. The Morgan fingerprint density at radius 1 is 0.906 bits per heavy atom. The summed E-state index contributed by atoms with van der Waals surface area (Å²) in [6.07, 6.45) is 2.35. The predicted octanol–water partition coefficient (Wildman–Crippen LogP) is 4.16. The summed E-state index contributed by atoms with van der Waals surface area (Å²) in [6.45, 7) is 2.43. The van der Waals surface area contributed by atoms with E-state index in [1.807, 2.05) is 18.2 Å². The van der Waals surface area contributed by atoms with Crippen molar-refractivity contribution in [2.45, 2.75) is 24.3 Å². The maximum atomic E-state index is 13.0. The molecule has 2 N–H and O–H groups in total. The molecule has 32 heavy (non-hydrogen) atoms. The number of carbonyl (C=O) groups excluding carboxylic acids is 1. The smallest absolute Gasteiger partial charge is 0.261 e. The lowest BCUT2D eigenvalue weighted by molar-refractivity contribution is 0.0951. The van der Waals surface area contributed by atoms with Crippen LogP contribution in [0.3, 0.4) is 0 Å². The zero-order valence-corrected chi connectivity index (χ0v) is 18.2. The number of nitrogens with zero attached hydrogens (tertiary/aromatic N) is 1. The van der Waals surface area contributed by atoms with E-state index in [1.54, 1.807) is 0 Å². The molecule has 1 aliphatic heterocycles. The number of halogens is 1. The Bertz CT molecular complexity index is 1190. The summed E-state index contributed by atoms with van der Waals surface area (Å²) in [7, 11) is -3.85. The van der Waals surface area contributed by atoms with Crippen molar-refractivity contribution in [2.75, 3.05) is 22.7 Å². The number of benzene rings is 3. The Kier molecular flexibility index (Phi) is 6.41. The monoisotopic (exact) mass is 453 g/mol. The van der Waals surface area contributed by atoms with Crippen LogP contribution in [0.4, 0.5) is 15.8 Å². The van der Waals surface area contributed by atoms with Crippen LogP contribution in [0, 0.1) is 5.82 Å². The molecule has 0 aromatic heterocycles. The van der Waals surface area contributed by atoms with Crippen LogP contribution in [-0.2, 0) is 16.6 Å². The number of amides is 1. The van der Waals surface area contributed by atoms with Gasteiger partial charge in [-0.25, -0.2) is 12.8 Å². The molecule has 0 saturated carbocycles. The van der Waals surface area contributed by atoms with Crippen molar-refractivity contribution in [3.8, 4) is 0 Å². The molecular weight excluding hydrogens is 429 g/mol. The fourth-order valence-corrected chi connectivity index (χ4v) is 4.78. The number of hydrogen-bond donors (Lipinski definition) is 2. The lowest BCUT2D eigenvalue weighted by atomic mass is 10.1. The normalized spacial score (nSPS) is 13.7. The fourth-order valence-electron chi connectivity index (χ4n) is 3.72. The molecular formula is C24H24FN3O3S. The first kappa shape index (κ1) is 21.8. The molecule has 1 amide bonds. The number of nitrogens with one attached hydrogen (secondary N) is 2. The second-order valence-corrected chi connectivity index (χ2v) is 9.32. The number of rotatable bonds is 7. The van der Waals surface area contributed by atoms with Crippen LogP contribution in [0.25, 0.3) is 0 Å². The highest BCUT2D eigenvalue weighted by atomic mass is 32.2. The molecule has 1 aliphatic rings. The largest absolute Gasteiger partial charge is 0.371 e. The van der Waals surface area contributed by atoms with Gasteiger partial charge < -0.3 is 10.2 Å². The van der Waals surface area contributed by atoms with Crippen LogP contribution in [0.2, 0.25) is 0 Å². The topological polar surface area (TPSA) is 78.5 Å². The summed E-state index contributed by atoms with van der Waals surface area (Å²) >= 11 is 0. The minimum Gasteiger partial charge on any atom is -0.371 e. The minimum atomic E-state index is -3.85. The maximum absolute atomic E-state index is 13.0. The standard InChI is InChI=1S/C24H24FN3O3S/c25-20-9-11-21(12-10-20)27-32(30,31)22-13-7-18(8-14-22)24(29)26-17-19-5-1-2-6-23(19)28-15-3-4-16-28/h1-2,5-14,27H,3-4,15-17H2,(H,26,29). The molecule has 3 aromatic carbocycles. The number of sulfonamides is 1. The first-order chi connectivity index (χ1) is 15.4. The Morgan fingerprint density at radius 3 is 2.25 bits per heavy atom. The van der Waals surface area contributed by atoms with Crippen LogP contribution in [0.15, 0.2) is 77.7 Å². The molecule has 1 saturated heterocycles. The van der Waals surface area contributed by atoms with Crippen molar-refractivity contribution in [1.29, 1.82) is 0 Å². The maximum Gasteiger partial charge on any atom is 0.261 e. The molecule has 1 fully saturated rings. The van der Waals surface area contributed by atoms with E-state index in [0.29, 0.717) is 12.1 Å². The van der Waals surface area contributed by atoms with Gasteiger partial charge in [0, 0.05) is 36.6 Å². The van der Waals surface area contributed by atoms with E-state index in [0.717, 1.165) is 24.3 Å². The second-order valence-electron chi connectivity index (χ2n) is 7.64. The van der Waals surface area contributed by atoms with Gasteiger partial charge in [-0.2, -0.15) is 0 Å². The van der Waals surface area contributed by atoms with Crippen molar-refractivity contribution < 1.29 is 17.6 Å². The van der Waals surface area contributed by atoms with Gasteiger partial charge in [0.05, 0.1) is 4.90 Å². The van der Waals surface area contributed by atoms with Crippen molar-refractivity contribution in [3.63, 3.8) is 0 Å². The third-order valence-electron chi connectivity index (χ3n) is 5.40. The van der Waals surface area contributed by atoms with Gasteiger partial charge in [-0.05, 0) is 73.0 Å². The molecule has 0 atom stereocenters. The van der Waals surface area contributed by atoms with Gasteiger partial charge in [0.2, 0.25) is 0 Å². The Morgan fingerprint density at radius 2 is 1.56 bits per heavy atom. The van der Waals surface area contributed by atoms with E-state index in [9.17, 15) is 17.6 Å². The third kappa shape index (κ3) is 5.08. The van der Waals surface area contributed by atoms with Crippen LogP contribution >= 0.6 is 0 Å². The van der Waals surface area contributed by atoms with Gasteiger partial charge in [0.15, 0.2) is 0 Å². The average Bonchev–Trinajstić information content (AvgIpc) is 3.34. The second kappa shape index (κ2) is 9.40. The molecule has 166 valence electrons. The fraction of sp³-hybridized carbons (Fsp3) is 0.208. The summed E-state index contributed by atoms with van der Waals surface area (Å²) < 4.78 is 40.5. The zero-order chi connectivity index (χ0) is 22.6. The van der Waals surface area contributed by atoms with Gasteiger partial charge in [-0.3, -0.25) is 9.52 Å². The van der Waals surface area contributed by atoms with Gasteiger partial charge in [0.1, 0.15) is 5.82 Å². The minimum absolute atomic E-state index is 0.0118. The number of hydrogen-bond acceptors (Lipinski definition) is 4. The quantitative estimate of drug-likeness (QED) is 0.563. The summed E-state index contributed by atoms with van der Waals surface area (Å²) in [5.74, 6) is -0.733. The highest BCUT2D eigenvalue weighted by Crippen LogP contribution is 2.24. The Labute approximate surface area is 187 Å². The van der Waals surface area contributed by atoms with Crippen LogP contribution in [0.1, 0.15) is 28.8 Å². The molecule has 1 heterocycles. The van der Waals surface area contributed by atoms with Crippen molar-refractivity contribution in [1.82, 2.24) is 5.32 Å². The Hall–Kier alpha value is -3.39. The summed E-state index contributed by atoms with van der Waals surface area (Å²) in [5, 5.41) is 2.92. The highest BCUT2D eigenvalue weighted by molar-refractivity contribution is 7.92. The SMILES string of the molecule is O=C(NCc1ccccc1N1CCCC1)c1ccc(S(=O)(=O)Nc2ccc(F)cc2)cc1. The van der Waals surface area contributed by atoms with Crippen LogP contribution in [-0.4, -0.2) is 27.4 Å². The first-order valence-corrected chi connectivity index (χ1v) is 11.9. The summed E-state index contributed by atoms with van der Waals surface area (Å²) in [5.41, 5.74) is 2.80. The molecule has 8 heteroatoms. The van der Waals surface area contributed by atoms with E-state index in [1.165, 1.54) is 61.4 Å². The van der Waals surface area contributed by atoms with E-state index in [-0.39, 0.29) is 16.5 Å². The summed E-state index contributed by atoms with van der Waals surface area (Å²) in [6, 6.07) is 18.8. The third-order valence-corrected chi connectivity index (χ3v) is 6.80. The average molecular weight is 454 g/mol. The van der Waals surface area contributed by atoms with E-state index in [4.69, 9.17) is 0 Å². The molecule has 0 radical (unpaired) electrons. The first-order valence-electron chi connectivity index (χ1n) is 10.4. The molecule has 6 nitrogen and oxygen atoms in total. The van der Waals surface area contributed by atoms with E-state index >= 15 is 0 Å². The highest BCUT2D eigenvalue weighted by Gasteiger charge is 2.17. The number of anilines is 2. The molecule has 3 aromatic rings. The molecule has 0 unspecified atom stereocenters. The van der Waals surface area contributed by atoms with Crippen molar-refractivity contribution >= 4 is 27.3 Å². The van der Waals surface area contributed by atoms with Crippen LogP contribution < -0.4 is 14.9 Å². The van der Waals surface area contributed by atoms with Crippen LogP contribution in [0.5, 0.6) is 0 Å². The van der Waals surface area contributed by atoms with Gasteiger partial charge in [0.25, 0.3) is 15.9 Å². The number of carbonyl (C=O) groups is 1. The number of para-hydroxylation sites is 1. The zero-order valence-electron chi connectivity index (χ0n) is 17.4. The lowest BCUT2D eigenvalue weighted by Gasteiger charge is -2.21. The van der Waals surface area contributed by atoms with Gasteiger partial charge >= 0.3 is 0 Å². The molecule has 4 rings (SSSR count).